The van der Waals surface area contributed by atoms with E-state index in [-0.39, 0.29) is 11.9 Å². The fourth-order valence-corrected chi connectivity index (χ4v) is 3.97. The van der Waals surface area contributed by atoms with Crippen molar-refractivity contribution in [3.63, 3.8) is 0 Å². The first-order valence-electron chi connectivity index (χ1n) is 10.7. The van der Waals surface area contributed by atoms with Gasteiger partial charge < -0.3 is 9.64 Å². The summed E-state index contributed by atoms with van der Waals surface area (Å²) in [6.07, 6.45) is 8.19. The summed E-state index contributed by atoms with van der Waals surface area (Å²) in [4.78, 5) is 16.3. The van der Waals surface area contributed by atoms with E-state index in [0.29, 0.717) is 31.4 Å². The maximum Gasteiger partial charge on any atom is 0.167 e. The van der Waals surface area contributed by atoms with Crippen molar-refractivity contribution in [3.05, 3.63) is 66.8 Å². The lowest BCUT2D eigenvalue weighted by molar-refractivity contribution is 0.163. The predicted octanol–water partition coefficient (Wildman–Crippen LogP) is 4.39. The molecule has 0 radical (unpaired) electrons. The average Bonchev–Trinajstić information content (AvgIpc) is 3.26. The van der Waals surface area contributed by atoms with Gasteiger partial charge in [0, 0.05) is 50.8 Å². The quantitative estimate of drug-likeness (QED) is 0.451. The molecule has 0 saturated carbocycles. The Hall–Kier alpha value is -3.88. The number of halogens is 2. The van der Waals surface area contributed by atoms with E-state index in [0.717, 1.165) is 34.4 Å². The minimum atomic E-state index is -0.691. The minimum Gasteiger partial charge on any atom is -0.487 e. The molecule has 168 valence electrons. The number of piperidine rings is 1. The van der Waals surface area contributed by atoms with E-state index in [2.05, 4.69) is 21.6 Å². The lowest BCUT2D eigenvalue weighted by atomic mass is 10.1. The molecule has 0 atom stereocenters. The lowest BCUT2D eigenvalue weighted by Gasteiger charge is -2.33. The van der Waals surface area contributed by atoms with E-state index in [4.69, 9.17) is 14.7 Å². The molecule has 1 aliphatic heterocycles. The highest BCUT2D eigenvalue weighted by Crippen LogP contribution is 2.32. The predicted molar refractivity (Wildman–Crippen MR) is 122 cm³/mol. The number of aromatic nitrogens is 5. The molecule has 0 aliphatic carbocycles. The number of benzene rings is 1. The summed E-state index contributed by atoms with van der Waals surface area (Å²) >= 11 is 0. The topological polar surface area (TPSA) is 69.0 Å². The van der Waals surface area contributed by atoms with Gasteiger partial charge in [-0.1, -0.05) is 6.58 Å². The van der Waals surface area contributed by atoms with E-state index in [9.17, 15) is 8.78 Å². The Labute approximate surface area is 189 Å². The molecule has 4 heterocycles. The second-order valence-corrected chi connectivity index (χ2v) is 7.98. The van der Waals surface area contributed by atoms with E-state index in [1.807, 2.05) is 19.3 Å². The van der Waals surface area contributed by atoms with Gasteiger partial charge in [-0.15, -0.1) is 0 Å². The zero-order chi connectivity index (χ0) is 22.9. The van der Waals surface area contributed by atoms with Crippen LogP contribution in [0, 0.1) is 11.6 Å². The first-order valence-corrected chi connectivity index (χ1v) is 10.7. The summed E-state index contributed by atoms with van der Waals surface area (Å²) in [6, 6.07) is 5.23. The third-order valence-corrected chi connectivity index (χ3v) is 5.67. The highest BCUT2D eigenvalue weighted by molar-refractivity contribution is 5.83. The van der Waals surface area contributed by atoms with Crippen LogP contribution < -0.4 is 9.64 Å². The molecule has 0 amide bonds. The van der Waals surface area contributed by atoms with Crippen LogP contribution >= 0.6 is 0 Å². The van der Waals surface area contributed by atoms with Crippen molar-refractivity contribution < 1.29 is 13.5 Å². The molecule has 1 saturated heterocycles. The fraction of sp³-hybridized carbons (Fsp3) is 0.250. The van der Waals surface area contributed by atoms with Gasteiger partial charge in [-0.3, -0.25) is 9.67 Å². The Balaban J connectivity index is 1.43. The fourth-order valence-electron chi connectivity index (χ4n) is 3.97. The van der Waals surface area contributed by atoms with Gasteiger partial charge in [0.25, 0.3) is 0 Å². The van der Waals surface area contributed by atoms with E-state index in [1.165, 1.54) is 12.1 Å². The zero-order valence-corrected chi connectivity index (χ0v) is 18.1. The summed E-state index contributed by atoms with van der Waals surface area (Å²) in [6.45, 7) is 5.08. The monoisotopic (exact) mass is 448 g/mol. The summed E-state index contributed by atoms with van der Waals surface area (Å²) in [5.74, 6) is -0.491. The first kappa shape index (κ1) is 21.0. The van der Waals surface area contributed by atoms with Gasteiger partial charge >= 0.3 is 0 Å². The van der Waals surface area contributed by atoms with E-state index < -0.39 is 11.6 Å². The molecule has 0 spiro atoms. The third-order valence-electron chi connectivity index (χ3n) is 5.67. The minimum absolute atomic E-state index is 0.0702. The van der Waals surface area contributed by atoms with Crippen LogP contribution in [-0.4, -0.2) is 43.9 Å². The molecule has 9 heteroatoms. The van der Waals surface area contributed by atoms with Crippen molar-refractivity contribution in [2.75, 3.05) is 18.0 Å². The van der Waals surface area contributed by atoms with Crippen molar-refractivity contribution in [1.82, 2.24) is 24.7 Å². The molecule has 0 N–H and O–H groups in total. The van der Waals surface area contributed by atoms with Crippen LogP contribution in [0.15, 0.2) is 49.4 Å². The van der Waals surface area contributed by atoms with Crippen molar-refractivity contribution in [2.24, 2.45) is 7.05 Å². The molecule has 3 aromatic heterocycles. The van der Waals surface area contributed by atoms with Crippen molar-refractivity contribution in [2.45, 2.75) is 18.9 Å². The molecular formula is C24H22F2N6O. The van der Waals surface area contributed by atoms with Gasteiger partial charge in [0.2, 0.25) is 0 Å². The number of aryl methyl sites for hydroxylation is 1. The van der Waals surface area contributed by atoms with Crippen LogP contribution in [-0.2, 0) is 7.05 Å². The second-order valence-electron chi connectivity index (χ2n) is 7.98. The highest BCUT2D eigenvalue weighted by Gasteiger charge is 2.26. The van der Waals surface area contributed by atoms with Crippen LogP contribution in [0.5, 0.6) is 5.75 Å². The molecule has 1 aliphatic rings. The van der Waals surface area contributed by atoms with E-state index in [1.54, 1.807) is 23.2 Å². The highest BCUT2D eigenvalue weighted by atomic mass is 19.1. The second kappa shape index (κ2) is 8.57. The average molecular weight is 448 g/mol. The number of rotatable bonds is 5. The molecule has 4 aromatic rings. The van der Waals surface area contributed by atoms with Crippen LogP contribution in [0.3, 0.4) is 0 Å². The smallest absolute Gasteiger partial charge is 0.167 e. The number of pyridine rings is 1. The molecule has 1 aromatic carbocycles. The van der Waals surface area contributed by atoms with Crippen molar-refractivity contribution in [3.8, 4) is 17.0 Å². The lowest BCUT2D eigenvalue weighted by Crippen LogP contribution is -2.39. The Morgan fingerprint density at radius 1 is 1.09 bits per heavy atom. The number of fused-ring (bicyclic) bond motifs is 1. The summed E-state index contributed by atoms with van der Waals surface area (Å²) < 4.78 is 34.7. The molecule has 7 nitrogen and oxygen atoms in total. The van der Waals surface area contributed by atoms with Crippen molar-refractivity contribution >= 4 is 22.9 Å². The normalized spacial score (nSPS) is 14.6. The summed E-state index contributed by atoms with van der Waals surface area (Å²) in [7, 11) is 1.85. The maximum atomic E-state index is 14.0. The SMILES string of the molecule is C=Cc1cc2nc(N3CCC(Oc4ccc(F)cc4F)CC3)c(-c3cnn(C)c3)nc2cn1. The Kier molecular flexibility index (Phi) is 5.45. The summed E-state index contributed by atoms with van der Waals surface area (Å²) in [5, 5.41) is 4.28. The molecular weight excluding hydrogens is 426 g/mol. The van der Waals surface area contributed by atoms with Crippen LogP contribution in [0.25, 0.3) is 28.4 Å². The first-order chi connectivity index (χ1) is 16.0. The standard InChI is InChI=1S/C24H22F2N6O/c1-3-17-11-20-21(13-27-17)29-23(15-12-28-31(2)14-15)24(30-20)32-8-6-18(7-9-32)33-22-5-4-16(25)10-19(22)26/h3-5,10-14,18H,1,6-9H2,2H3. The number of hydrogen-bond acceptors (Lipinski definition) is 6. The van der Waals surface area contributed by atoms with E-state index >= 15 is 0 Å². The Morgan fingerprint density at radius 3 is 2.61 bits per heavy atom. The number of hydrogen-bond donors (Lipinski definition) is 0. The summed E-state index contributed by atoms with van der Waals surface area (Å²) in [5.41, 5.74) is 3.74. The number of nitrogens with zero attached hydrogens (tertiary/aromatic N) is 6. The maximum absolute atomic E-state index is 14.0. The molecule has 5 rings (SSSR count). The van der Waals surface area contributed by atoms with Gasteiger partial charge in [0.05, 0.1) is 23.6 Å². The molecule has 1 fully saturated rings. The third kappa shape index (κ3) is 4.26. The van der Waals surface area contributed by atoms with Gasteiger partial charge in [-0.2, -0.15) is 5.10 Å². The molecule has 0 bridgehead atoms. The van der Waals surface area contributed by atoms with Gasteiger partial charge in [-0.05, 0) is 24.3 Å². The van der Waals surface area contributed by atoms with Gasteiger partial charge in [-0.25, -0.2) is 18.7 Å². The van der Waals surface area contributed by atoms with Gasteiger partial charge in [0.1, 0.15) is 23.1 Å². The molecule has 0 unspecified atom stereocenters. The number of anilines is 1. The Bertz CT molecular complexity index is 1330. The van der Waals surface area contributed by atoms with Crippen LogP contribution in [0.4, 0.5) is 14.6 Å². The van der Waals surface area contributed by atoms with Gasteiger partial charge in [0.15, 0.2) is 17.4 Å². The van der Waals surface area contributed by atoms with Crippen molar-refractivity contribution in [1.29, 1.82) is 0 Å². The van der Waals surface area contributed by atoms with Crippen LogP contribution in [0.1, 0.15) is 18.5 Å². The largest absolute Gasteiger partial charge is 0.487 e. The Morgan fingerprint density at radius 2 is 1.91 bits per heavy atom. The number of ether oxygens (including phenoxy) is 1. The molecule has 33 heavy (non-hydrogen) atoms. The zero-order valence-electron chi connectivity index (χ0n) is 18.1. The van der Waals surface area contributed by atoms with Crippen LogP contribution in [0.2, 0.25) is 0 Å².